The van der Waals surface area contributed by atoms with Crippen LogP contribution in [0, 0.1) is 5.82 Å². The van der Waals surface area contributed by atoms with Gasteiger partial charge in [-0.05, 0) is 65.1 Å². The van der Waals surface area contributed by atoms with Crippen LogP contribution in [0.4, 0.5) is 4.39 Å². The molecule has 176 valence electrons. The molecule has 1 aliphatic rings. The first-order valence-electron chi connectivity index (χ1n) is 11.0. The number of fused-ring (bicyclic) bond motifs is 1. The molecule has 1 amide bonds. The molecule has 7 heteroatoms. The van der Waals surface area contributed by atoms with Gasteiger partial charge in [0.15, 0.2) is 11.6 Å². The molecule has 1 unspecified atom stereocenters. The summed E-state index contributed by atoms with van der Waals surface area (Å²) in [6.45, 7) is 0.927. The molecule has 0 radical (unpaired) electrons. The molecule has 1 atom stereocenters. The molecule has 0 saturated heterocycles. The number of benzene rings is 3. The van der Waals surface area contributed by atoms with Crippen LogP contribution in [0.2, 0.25) is 0 Å². The highest BCUT2D eigenvalue weighted by Crippen LogP contribution is 2.36. The van der Waals surface area contributed by atoms with Gasteiger partial charge in [-0.2, -0.15) is 0 Å². The van der Waals surface area contributed by atoms with Crippen LogP contribution in [-0.2, 0) is 17.8 Å². The summed E-state index contributed by atoms with van der Waals surface area (Å²) in [4.78, 5) is 26.5. The second-order valence-corrected chi connectivity index (χ2v) is 8.23. The van der Waals surface area contributed by atoms with E-state index in [2.05, 4.69) is 0 Å². The number of halogens is 1. The molecule has 6 nitrogen and oxygen atoms in total. The van der Waals surface area contributed by atoms with Crippen molar-refractivity contribution in [1.82, 2.24) is 4.90 Å². The summed E-state index contributed by atoms with van der Waals surface area (Å²) in [5, 5.41) is 9.58. The van der Waals surface area contributed by atoms with Crippen molar-refractivity contribution in [3.63, 3.8) is 0 Å². The number of nitrogens with zero attached hydrogens (tertiary/aromatic N) is 1. The number of methoxy groups -OCH3 is 2. The number of hydrogen-bond donors (Lipinski definition) is 1. The molecule has 0 bridgehead atoms. The van der Waals surface area contributed by atoms with Crippen LogP contribution in [0.15, 0.2) is 60.7 Å². The fraction of sp³-hybridized carbons (Fsp3) is 0.259. The Morgan fingerprint density at radius 1 is 1.06 bits per heavy atom. The van der Waals surface area contributed by atoms with Gasteiger partial charge in [-0.25, -0.2) is 4.39 Å². The van der Waals surface area contributed by atoms with E-state index in [4.69, 9.17) is 9.47 Å². The summed E-state index contributed by atoms with van der Waals surface area (Å²) in [6.07, 6.45) is 0.416. The maximum atomic E-state index is 14.4. The Morgan fingerprint density at radius 3 is 2.47 bits per heavy atom. The third-order valence-corrected chi connectivity index (χ3v) is 6.26. The Morgan fingerprint density at radius 2 is 1.82 bits per heavy atom. The van der Waals surface area contributed by atoms with E-state index in [0.717, 1.165) is 16.7 Å². The summed E-state index contributed by atoms with van der Waals surface area (Å²) in [5.41, 5.74) is 3.99. The first-order chi connectivity index (χ1) is 16.4. The lowest BCUT2D eigenvalue weighted by Gasteiger charge is -2.32. The van der Waals surface area contributed by atoms with Gasteiger partial charge in [-0.15, -0.1) is 0 Å². The minimum atomic E-state index is -0.967. The number of carbonyl (C=O) groups is 2. The average Bonchev–Trinajstić information content (AvgIpc) is 2.86. The summed E-state index contributed by atoms with van der Waals surface area (Å²) in [5.74, 6) is -1.29. The molecule has 3 aromatic carbocycles. The third-order valence-electron chi connectivity index (χ3n) is 6.26. The Kier molecular flexibility index (Phi) is 6.82. The molecule has 1 aliphatic heterocycles. The molecular weight excluding hydrogens is 437 g/mol. The zero-order valence-corrected chi connectivity index (χ0v) is 19.1. The summed E-state index contributed by atoms with van der Waals surface area (Å²) < 4.78 is 24.6. The van der Waals surface area contributed by atoms with E-state index < -0.39 is 17.7 Å². The van der Waals surface area contributed by atoms with Crippen molar-refractivity contribution in [3.05, 3.63) is 94.3 Å². The van der Waals surface area contributed by atoms with Gasteiger partial charge in [-0.3, -0.25) is 9.59 Å². The largest absolute Gasteiger partial charge is 0.497 e. The Labute approximate surface area is 197 Å². The molecule has 0 aromatic heterocycles. The fourth-order valence-corrected chi connectivity index (χ4v) is 4.54. The standard InChI is InChI=1S/C27H26FNO5/c1-33-20-9-6-17(7-10-20)27(32)29-13-12-21-19(16-29)4-3-5-22(21)23(15-26(30)31)18-8-11-25(34-2)24(28)14-18/h3-11,14,23H,12-13,15-16H2,1-2H3,(H,30,31). The van der Waals surface area contributed by atoms with Crippen molar-refractivity contribution in [2.45, 2.75) is 25.3 Å². The molecule has 1 N–H and O–H groups in total. The van der Waals surface area contributed by atoms with E-state index >= 15 is 0 Å². The van der Waals surface area contributed by atoms with Crippen molar-refractivity contribution in [2.24, 2.45) is 0 Å². The summed E-state index contributed by atoms with van der Waals surface area (Å²) in [7, 11) is 2.97. The molecular formula is C27H26FNO5. The van der Waals surface area contributed by atoms with Gasteiger partial charge in [0, 0.05) is 24.6 Å². The zero-order valence-electron chi connectivity index (χ0n) is 19.1. The van der Waals surface area contributed by atoms with Crippen LogP contribution in [0.3, 0.4) is 0 Å². The van der Waals surface area contributed by atoms with Gasteiger partial charge < -0.3 is 19.5 Å². The van der Waals surface area contributed by atoms with Crippen LogP contribution < -0.4 is 9.47 Å². The quantitative estimate of drug-likeness (QED) is 0.552. The van der Waals surface area contributed by atoms with E-state index in [1.165, 1.54) is 19.2 Å². The number of carboxylic acid groups (broad SMARTS) is 1. The molecule has 0 aliphatic carbocycles. The number of ether oxygens (including phenoxy) is 2. The number of amides is 1. The lowest BCUT2D eigenvalue weighted by atomic mass is 9.82. The Hall–Kier alpha value is -3.87. The molecule has 0 fully saturated rings. The van der Waals surface area contributed by atoms with Gasteiger partial charge >= 0.3 is 5.97 Å². The average molecular weight is 464 g/mol. The van der Waals surface area contributed by atoms with E-state index in [0.29, 0.717) is 36.4 Å². The van der Waals surface area contributed by atoms with Crippen molar-refractivity contribution < 1.29 is 28.6 Å². The van der Waals surface area contributed by atoms with Crippen LogP contribution >= 0.6 is 0 Å². The van der Waals surface area contributed by atoms with Gasteiger partial charge in [-0.1, -0.05) is 24.3 Å². The molecule has 1 heterocycles. The highest BCUT2D eigenvalue weighted by atomic mass is 19.1. The number of aliphatic carboxylic acids is 1. The predicted molar refractivity (Wildman–Crippen MR) is 125 cm³/mol. The van der Waals surface area contributed by atoms with Crippen molar-refractivity contribution in [3.8, 4) is 11.5 Å². The molecule has 0 spiro atoms. The highest BCUT2D eigenvalue weighted by molar-refractivity contribution is 5.94. The minimum Gasteiger partial charge on any atom is -0.497 e. The van der Waals surface area contributed by atoms with Crippen molar-refractivity contribution >= 4 is 11.9 Å². The minimum absolute atomic E-state index is 0.0713. The third kappa shape index (κ3) is 4.73. The fourth-order valence-electron chi connectivity index (χ4n) is 4.54. The Bertz CT molecular complexity index is 1210. The first-order valence-corrected chi connectivity index (χ1v) is 11.0. The molecule has 0 saturated carbocycles. The van der Waals surface area contributed by atoms with Gasteiger partial charge in [0.2, 0.25) is 0 Å². The second-order valence-electron chi connectivity index (χ2n) is 8.23. The summed E-state index contributed by atoms with van der Waals surface area (Å²) in [6, 6.07) is 17.3. The summed E-state index contributed by atoms with van der Waals surface area (Å²) >= 11 is 0. The van der Waals surface area contributed by atoms with E-state index in [9.17, 15) is 19.1 Å². The zero-order chi connectivity index (χ0) is 24.2. The molecule has 34 heavy (non-hydrogen) atoms. The van der Waals surface area contributed by atoms with Crippen LogP contribution in [0.5, 0.6) is 11.5 Å². The van der Waals surface area contributed by atoms with Crippen LogP contribution in [0.25, 0.3) is 0 Å². The monoisotopic (exact) mass is 463 g/mol. The topological polar surface area (TPSA) is 76.1 Å². The number of hydrogen-bond acceptors (Lipinski definition) is 4. The first kappa shape index (κ1) is 23.3. The number of carboxylic acids is 1. The van der Waals surface area contributed by atoms with Crippen LogP contribution in [-0.4, -0.2) is 42.6 Å². The maximum Gasteiger partial charge on any atom is 0.304 e. The van der Waals surface area contributed by atoms with Gasteiger partial charge in [0.1, 0.15) is 5.75 Å². The predicted octanol–water partition coefficient (Wildman–Crippen LogP) is 4.65. The maximum absolute atomic E-state index is 14.4. The lowest BCUT2D eigenvalue weighted by molar-refractivity contribution is -0.137. The van der Waals surface area contributed by atoms with Gasteiger partial charge in [0.05, 0.1) is 20.6 Å². The van der Waals surface area contributed by atoms with E-state index in [1.807, 2.05) is 18.2 Å². The molecule has 3 aromatic rings. The van der Waals surface area contributed by atoms with Gasteiger partial charge in [0.25, 0.3) is 5.91 Å². The van der Waals surface area contributed by atoms with Crippen LogP contribution in [0.1, 0.15) is 45.0 Å². The van der Waals surface area contributed by atoms with Crippen molar-refractivity contribution in [2.75, 3.05) is 20.8 Å². The normalized spacial score (nSPS) is 13.7. The van der Waals surface area contributed by atoms with E-state index in [1.54, 1.807) is 42.3 Å². The Balaban J connectivity index is 1.64. The second kappa shape index (κ2) is 9.95. The highest BCUT2D eigenvalue weighted by Gasteiger charge is 2.28. The molecule has 4 rings (SSSR count). The smallest absolute Gasteiger partial charge is 0.304 e. The number of rotatable bonds is 7. The lowest BCUT2D eigenvalue weighted by Crippen LogP contribution is -2.36. The van der Waals surface area contributed by atoms with E-state index in [-0.39, 0.29) is 18.1 Å². The number of carbonyl (C=O) groups excluding carboxylic acids is 1. The SMILES string of the molecule is COc1ccc(C(=O)N2CCc3c(cccc3C(CC(=O)O)c3ccc(OC)c(F)c3)C2)cc1. The van der Waals surface area contributed by atoms with Crippen molar-refractivity contribution in [1.29, 1.82) is 0 Å².